The maximum atomic E-state index is 4.46. The fourth-order valence-corrected chi connectivity index (χ4v) is 2.01. The Morgan fingerprint density at radius 2 is 2.00 bits per heavy atom. The third-order valence-corrected chi connectivity index (χ3v) is 3.07. The summed E-state index contributed by atoms with van der Waals surface area (Å²) in [6.07, 6.45) is 3.59. The number of hydrogen-bond acceptors (Lipinski definition) is 2. The molecule has 92 valence electrons. The molecular formula is C13H25N3. The lowest BCUT2D eigenvalue weighted by molar-refractivity contribution is 0.455. The number of aryl methyl sites for hydroxylation is 3. The lowest BCUT2D eigenvalue weighted by Crippen LogP contribution is -2.29. The quantitative estimate of drug-likeness (QED) is 0.720. The van der Waals surface area contributed by atoms with Gasteiger partial charge in [0.25, 0.3) is 0 Å². The normalized spacial score (nSPS) is 11.3. The van der Waals surface area contributed by atoms with Crippen molar-refractivity contribution < 1.29 is 0 Å². The van der Waals surface area contributed by atoms with Crippen LogP contribution in [0.5, 0.6) is 0 Å². The molecule has 3 nitrogen and oxygen atoms in total. The van der Waals surface area contributed by atoms with E-state index in [2.05, 4.69) is 41.9 Å². The zero-order chi connectivity index (χ0) is 12.0. The fraction of sp³-hybridized carbons (Fsp3) is 0.769. The van der Waals surface area contributed by atoms with E-state index in [0.717, 1.165) is 25.2 Å². The van der Waals surface area contributed by atoms with Gasteiger partial charge < -0.3 is 5.32 Å². The molecule has 0 unspecified atom stereocenters. The molecule has 3 heteroatoms. The van der Waals surface area contributed by atoms with Crippen LogP contribution in [0.3, 0.4) is 0 Å². The van der Waals surface area contributed by atoms with E-state index in [9.17, 15) is 0 Å². The monoisotopic (exact) mass is 223 g/mol. The predicted molar refractivity (Wildman–Crippen MR) is 68.7 cm³/mol. The summed E-state index contributed by atoms with van der Waals surface area (Å²) in [5, 5.41) is 8.03. The van der Waals surface area contributed by atoms with Crippen LogP contribution >= 0.6 is 0 Å². The van der Waals surface area contributed by atoms with E-state index in [1.165, 1.54) is 18.5 Å². The highest BCUT2D eigenvalue weighted by Gasteiger charge is 2.02. The van der Waals surface area contributed by atoms with Crippen molar-refractivity contribution in [3.8, 4) is 0 Å². The van der Waals surface area contributed by atoms with Crippen molar-refractivity contribution in [3.63, 3.8) is 0 Å². The topological polar surface area (TPSA) is 29.9 Å². The number of nitrogens with one attached hydrogen (secondary N) is 1. The number of hydrogen-bond donors (Lipinski definition) is 1. The Balaban J connectivity index is 2.23. The minimum absolute atomic E-state index is 0.681. The molecule has 0 aliphatic carbocycles. The van der Waals surface area contributed by atoms with Gasteiger partial charge in [0.1, 0.15) is 0 Å². The van der Waals surface area contributed by atoms with Gasteiger partial charge >= 0.3 is 0 Å². The summed E-state index contributed by atoms with van der Waals surface area (Å²) in [6.45, 7) is 10.8. The van der Waals surface area contributed by atoms with Gasteiger partial charge in [-0.1, -0.05) is 13.8 Å². The molecule has 1 aromatic heterocycles. The van der Waals surface area contributed by atoms with Crippen LogP contribution in [0.1, 0.15) is 44.5 Å². The molecule has 0 saturated heterocycles. The first-order valence-electron chi connectivity index (χ1n) is 6.41. The van der Waals surface area contributed by atoms with Crippen molar-refractivity contribution in [3.05, 3.63) is 17.5 Å². The van der Waals surface area contributed by atoms with Crippen LogP contribution in [0.15, 0.2) is 6.07 Å². The Morgan fingerprint density at radius 3 is 2.50 bits per heavy atom. The first-order chi connectivity index (χ1) is 7.67. The molecule has 0 spiro atoms. The number of aromatic nitrogens is 2. The van der Waals surface area contributed by atoms with Crippen LogP contribution in [-0.4, -0.2) is 22.4 Å². The van der Waals surface area contributed by atoms with Crippen LogP contribution < -0.4 is 5.32 Å². The van der Waals surface area contributed by atoms with Crippen molar-refractivity contribution in [2.45, 2.75) is 59.5 Å². The maximum absolute atomic E-state index is 4.46. The smallest absolute Gasteiger partial charge is 0.0596 e. The molecule has 16 heavy (non-hydrogen) atoms. The second-order valence-electron chi connectivity index (χ2n) is 4.47. The van der Waals surface area contributed by atoms with E-state index in [0.29, 0.717) is 6.04 Å². The molecule has 0 aliphatic rings. The Labute approximate surface area is 99.2 Å². The first kappa shape index (κ1) is 13.2. The van der Waals surface area contributed by atoms with E-state index in [1.807, 2.05) is 6.92 Å². The van der Waals surface area contributed by atoms with Gasteiger partial charge in [0.2, 0.25) is 0 Å². The summed E-state index contributed by atoms with van der Waals surface area (Å²) in [5.41, 5.74) is 2.38. The number of nitrogens with zero attached hydrogens (tertiary/aromatic N) is 2. The molecule has 0 amide bonds. The lowest BCUT2D eigenvalue weighted by Gasteiger charge is -2.14. The summed E-state index contributed by atoms with van der Waals surface area (Å²) in [4.78, 5) is 0. The minimum atomic E-state index is 0.681. The van der Waals surface area contributed by atoms with Crippen LogP contribution in [0.4, 0.5) is 0 Å². The largest absolute Gasteiger partial charge is 0.314 e. The molecule has 0 radical (unpaired) electrons. The van der Waals surface area contributed by atoms with Gasteiger partial charge in [-0.25, -0.2) is 0 Å². The summed E-state index contributed by atoms with van der Waals surface area (Å²) in [7, 11) is 0. The number of rotatable bonds is 7. The fourth-order valence-electron chi connectivity index (χ4n) is 2.01. The van der Waals surface area contributed by atoms with Crippen molar-refractivity contribution in [2.75, 3.05) is 6.54 Å². The highest BCUT2D eigenvalue weighted by Crippen LogP contribution is 2.02. The molecule has 0 atom stereocenters. The molecule has 0 bridgehead atoms. The van der Waals surface area contributed by atoms with Gasteiger partial charge in [-0.2, -0.15) is 5.10 Å². The van der Waals surface area contributed by atoms with Gasteiger partial charge in [0, 0.05) is 18.3 Å². The summed E-state index contributed by atoms with van der Waals surface area (Å²) < 4.78 is 2.10. The minimum Gasteiger partial charge on any atom is -0.314 e. The lowest BCUT2D eigenvalue weighted by atomic mass is 10.2. The standard InChI is InChI=1S/C13H25N3/c1-5-13(6-2)14-8-7-9-16-12(4)10-11(3)15-16/h10,13-14H,5-9H2,1-4H3. The Kier molecular flexibility index (Phi) is 5.53. The Hall–Kier alpha value is -0.830. The van der Waals surface area contributed by atoms with Gasteiger partial charge in [-0.3, -0.25) is 4.68 Å². The van der Waals surface area contributed by atoms with E-state index in [4.69, 9.17) is 0 Å². The van der Waals surface area contributed by atoms with Crippen molar-refractivity contribution in [2.24, 2.45) is 0 Å². The van der Waals surface area contributed by atoms with Crippen molar-refractivity contribution in [1.82, 2.24) is 15.1 Å². The van der Waals surface area contributed by atoms with Gasteiger partial charge in [-0.05, 0) is 45.7 Å². The van der Waals surface area contributed by atoms with Gasteiger partial charge in [0.05, 0.1) is 5.69 Å². The molecule has 0 aromatic carbocycles. The highest BCUT2D eigenvalue weighted by molar-refractivity contribution is 5.06. The van der Waals surface area contributed by atoms with Crippen LogP contribution in [0.2, 0.25) is 0 Å². The van der Waals surface area contributed by atoms with Crippen LogP contribution in [-0.2, 0) is 6.54 Å². The predicted octanol–water partition coefficient (Wildman–Crippen LogP) is 2.67. The summed E-state index contributed by atoms with van der Waals surface area (Å²) >= 11 is 0. The van der Waals surface area contributed by atoms with E-state index in [-0.39, 0.29) is 0 Å². The molecule has 0 saturated carbocycles. The Morgan fingerprint density at radius 1 is 1.31 bits per heavy atom. The summed E-state index contributed by atoms with van der Waals surface area (Å²) in [6, 6.07) is 2.81. The highest BCUT2D eigenvalue weighted by atomic mass is 15.3. The second kappa shape index (κ2) is 6.69. The summed E-state index contributed by atoms with van der Waals surface area (Å²) in [5.74, 6) is 0. The molecule has 0 aliphatic heterocycles. The Bertz CT molecular complexity index is 300. The zero-order valence-corrected chi connectivity index (χ0v) is 11.1. The van der Waals surface area contributed by atoms with Crippen LogP contribution in [0.25, 0.3) is 0 Å². The van der Waals surface area contributed by atoms with Gasteiger partial charge in [0.15, 0.2) is 0 Å². The second-order valence-corrected chi connectivity index (χ2v) is 4.47. The van der Waals surface area contributed by atoms with E-state index >= 15 is 0 Å². The molecular weight excluding hydrogens is 198 g/mol. The first-order valence-corrected chi connectivity index (χ1v) is 6.41. The SMILES string of the molecule is CCC(CC)NCCCn1nc(C)cc1C. The zero-order valence-electron chi connectivity index (χ0n) is 11.1. The third kappa shape index (κ3) is 3.97. The average molecular weight is 223 g/mol. The molecule has 0 fully saturated rings. The third-order valence-electron chi connectivity index (χ3n) is 3.07. The van der Waals surface area contributed by atoms with E-state index in [1.54, 1.807) is 0 Å². The molecule has 1 aromatic rings. The maximum Gasteiger partial charge on any atom is 0.0596 e. The van der Waals surface area contributed by atoms with E-state index < -0.39 is 0 Å². The van der Waals surface area contributed by atoms with Crippen molar-refractivity contribution in [1.29, 1.82) is 0 Å². The van der Waals surface area contributed by atoms with Crippen LogP contribution in [0, 0.1) is 13.8 Å². The molecule has 1 rings (SSSR count). The van der Waals surface area contributed by atoms with Crippen molar-refractivity contribution >= 4 is 0 Å². The molecule has 1 N–H and O–H groups in total. The average Bonchev–Trinajstić information content (AvgIpc) is 2.58. The molecule has 1 heterocycles. The van der Waals surface area contributed by atoms with Gasteiger partial charge in [-0.15, -0.1) is 0 Å².